The number of aromatic nitrogens is 4. The van der Waals surface area contributed by atoms with Crippen molar-refractivity contribution in [2.45, 2.75) is 37.7 Å². The summed E-state index contributed by atoms with van der Waals surface area (Å²) in [5.41, 5.74) is 9.35. The zero-order chi connectivity index (χ0) is 27.0. The molecule has 2 aromatic heterocycles. The van der Waals surface area contributed by atoms with Crippen LogP contribution in [0.15, 0.2) is 52.0 Å². The molecule has 3 heterocycles. The highest BCUT2D eigenvalue weighted by atomic mass is 35.5. The molecule has 4 unspecified atom stereocenters. The van der Waals surface area contributed by atoms with Gasteiger partial charge in [0.25, 0.3) is 0 Å². The number of aliphatic hydroxyl groups is 2. The van der Waals surface area contributed by atoms with Crippen molar-refractivity contribution in [1.29, 1.82) is 0 Å². The van der Waals surface area contributed by atoms with Crippen LogP contribution in [0.5, 0.6) is 0 Å². The van der Waals surface area contributed by atoms with Gasteiger partial charge in [-0.15, -0.1) is 16.4 Å². The lowest BCUT2D eigenvalue weighted by Gasteiger charge is -2.38. The smallest absolute Gasteiger partial charge is 0.159 e. The predicted octanol–water partition coefficient (Wildman–Crippen LogP) is 3.65. The number of aliphatic hydroxyl groups excluding tert-OH is 2. The molecule has 10 nitrogen and oxygen atoms in total. The minimum Gasteiger partial charge on any atom is -0.394 e. The maximum Gasteiger partial charge on any atom is 0.159 e. The third-order valence-electron chi connectivity index (χ3n) is 6.02. The molecule has 4 N–H and O–H groups in total. The van der Waals surface area contributed by atoms with Crippen LogP contribution in [-0.4, -0.2) is 66.8 Å². The van der Waals surface area contributed by atoms with Crippen molar-refractivity contribution in [1.82, 2.24) is 20.0 Å². The molecule has 38 heavy (non-hydrogen) atoms. The number of nitrogens with two attached hydrogens (primary N) is 1. The first-order valence-electron chi connectivity index (χ1n) is 11.5. The van der Waals surface area contributed by atoms with Crippen molar-refractivity contribution in [3.05, 3.63) is 58.7 Å². The van der Waals surface area contributed by atoms with Crippen molar-refractivity contribution in [3.8, 4) is 11.3 Å². The summed E-state index contributed by atoms with van der Waals surface area (Å²) in [4.78, 5) is 13.3. The largest absolute Gasteiger partial charge is 0.394 e. The lowest BCUT2D eigenvalue weighted by atomic mass is 9.95. The molecule has 14 heteroatoms. The van der Waals surface area contributed by atoms with E-state index in [1.165, 1.54) is 22.2 Å². The molecule has 0 spiro atoms. The summed E-state index contributed by atoms with van der Waals surface area (Å²) in [6, 6.07) is 6.84. The average molecular weight is 562 g/mol. The fourth-order valence-electron chi connectivity index (χ4n) is 4.21. The van der Waals surface area contributed by atoms with Crippen molar-refractivity contribution < 1.29 is 23.7 Å². The molecule has 5 rings (SSSR count). The van der Waals surface area contributed by atoms with Gasteiger partial charge in [-0.1, -0.05) is 16.8 Å². The van der Waals surface area contributed by atoms with E-state index in [0.717, 1.165) is 22.3 Å². The third-order valence-corrected chi connectivity index (χ3v) is 7.17. The van der Waals surface area contributed by atoms with E-state index in [9.17, 15) is 19.0 Å². The molecule has 2 aromatic carbocycles. The molecular formula is C24H22ClF2N7O3S. The minimum atomic E-state index is -1.18. The summed E-state index contributed by atoms with van der Waals surface area (Å²) in [6.45, 7) is 1.11. The van der Waals surface area contributed by atoms with Crippen LogP contribution < -0.4 is 5.73 Å². The van der Waals surface area contributed by atoms with Crippen LogP contribution in [0.4, 0.5) is 14.5 Å². The first kappa shape index (κ1) is 26.3. The van der Waals surface area contributed by atoms with Crippen LogP contribution >= 0.6 is 22.9 Å². The second-order valence-corrected chi connectivity index (χ2v) is 9.97. The quantitative estimate of drug-likeness (QED) is 0.192. The normalized spacial score (nSPS) is 22.8. The molecule has 0 radical (unpaired) electrons. The first-order chi connectivity index (χ1) is 18.2. The van der Waals surface area contributed by atoms with Crippen LogP contribution in [0, 0.1) is 11.6 Å². The molecule has 1 aliphatic rings. The summed E-state index contributed by atoms with van der Waals surface area (Å²) in [5.74, 6) is -1.39. The number of aliphatic imine (C=N–C) groups is 2. The molecule has 0 saturated carbocycles. The first-order valence-corrected chi connectivity index (χ1v) is 12.7. The second-order valence-electron chi connectivity index (χ2n) is 8.70. The molecule has 0 amide bonds. The maximum absolute atomic E-state index is 14.0. The van der Waals surface area contributed by atoms with E-state index >= 15 is 0 Å². The summed E-state index contributed by atoms with van der Waals surface area (Å²) in [5, 5.41) is 28.3. The molecule has 1 fully saturated rings. The fourth-order valence-corrected chi connectivity index (χ4v) is 5.02. The molecule has 4 aromatic rings. The summed E-state index contributed by atoms with van der Waals surface area (Å²) >= 11 is 7.05. The van der Waals surface area contributed by atoms with Crippen LogP contribution in [0.25, 0.3) is 21.5 Å². The Kier molecular flexibility index (Phi) is 7.45. The van der Waals surface area contributed by atoms with Crippen LogP contribution in [-0.2, 0) is 4.74 Å². The van der Waals surface area contributed by atoms with Gasteiger partial charge in [-0.05, 0) is 37.3 Å². The molecule has 4 atom stereocenters. The fraction of sp³-hybridized carbons (Fsp3) is 0.292. The van der Waals surface area contributed by atoms with Crippen LogP contribution in [0.2, 0.25) is 5.02 Å². The van der Waals surface area contributed by atoms with Gasteiger partial charge in [0.05, 0.1) is 46.1 Å². The molecule has 0 bridgehead atoms. The van der Waals surface area contributed by atoms with E-state index in [1.54, 1.807) is 18.5 Å². The number of hydrogen-bond acceptors (Lipinski definition) is 8. The topological polar surface area (TPSA) is 144 Å². The molecule has 1 aliphatic heterocycles. The number of rotatable bonds is 5. The van der Waals surface area contributed by atoms with Gasteiger partial charge < -0.3 is 20.7 Å². The summed E-state index contributed by atoms with van der Waals surface area (Å²) in [6.07, 6.45) is -1.38. The van der Waals surface area contributed by atoms with Gasteiger partial charge in [0.1, 0.15) is 40.7 Å². The highest BCUT2D eigenvalue weighted by molar-refractivity contribution is 7.16. The number of nitrogens with zero attached hydrogens (tertiary/aromatic N) is 6. The zero-order valence-electron chi connectivity index (χ0n) is 19.9. The van der Waals surface area contributed by atoms with Crippen molar-refractivity contribution in [2.24, 2.45) is 15.7 Å². The number of ether oxygens (including phenoxy) is 1. The second kappa shape index (κ2) is 10.8. The Labute approximate surface area is 224 Å². The van der Waals surface area contributed by atoms with Crippen molar-refractivity contribution in [2.75, 3.05) is 6.61 Å². The highest BCUT2D eigenvalue weighted by Gasteiger charge is 2.41. The predicted molar refractivity (Wildman–Crippen MR) is 140 cm³/mol. The Morgan fingerprint density at radius 2 is 2.05 bits per heavy atom. The molecular weight excluding hydrogens is 540 g/mol. The van der Waals surface area contributed by atoms with Crippen molar-refractivity contribution >= 4 is 50.5 Å². The van der Waals surface area contributed by atoms with Crippen molar-refractivity contribution in [3.63, 3.8) is 0 Å². The number of thiazole rings is 1. The molecule has 0 aliphatic carbocycles. The standard InChI is InChI=1S/C24H22ClF2N7O3S/c1-11(28)30-24(31-13-2-3-16-21(6-13)38-10-29-16)19-7-18(23(36)20(9-35)37-19)34-8-17(32-33-34)12-4-14(26)22(25)15(27)5-12/h2-6,8,10,18-20,23,35-36H,7,9H2,1H3,(H2,28,30,31). The van der Waals surface area contributed by atoms with Gasteiger partial charge in [-0.2, -0.15) is 0 Å². The zero-order valence-corrected chi connectivity index (χ0v) is 21.4. The SMILES string of the molecule is CC(N)=NC(=Nc1ccc2ncsc2c1)C1CC(n2cc(-c3cc(F)c(Cl)c(F)c3)nn2)C(O)C(CO)O1. The molecule has 1 saturated heterocycles. The number of hydrogen-bond donors (Lipinski definition) is 3. The van der Waals surface area contributed by atoms with Gasteiger partial charge in [0.15, 0.2) is 5.84 Å². The van der Waals surface area contributed by atoms with Gasteiger partial charge in [0, 0.05) is 12.0 Å². The van der Waals surface area contributed by atoms with E-state index in [-0.39, 0.29) is 29.3 Å². The Morgan fingerprint density at radius 3 is 2.76 bits per heavy atom. The summed E-state index contributed by atoms with van der Waals surface area (Å²) < 4.78 is 36.2. The number of fused-ring (bicyclic) bond motifs is 1. The van der Waals surface area contributed by atoms with E-state index in [2.05, 4.69) is 25.3 Å². The Hall–Kier alpha value is -3.36. The number of benzene rings is 2. The minimum absolute atomic E-state index is 0.122. The van der Waals surface area contributed by atoms with E-state index in [4.69, 9.17) is 22.1 Å². The van der Waals surface area contributed by atoms with Gasteiger partial charge in [0.2, 0.25) is 0 Å². The van der Waals surface area contributed by atoms with Gasteiger partial charge in [-0.3, -0.25) is 0 Å². The van der Waals surface area contributed by atoms with Crippen LogP contribution in [0.3, 0.4) is 0 Å². The highest BCUT2D eigenvalue weighted by Crippen LogP contribution is 2.33. The monoisotopic (exact) mass is 561 g/mol. The Bertz CT molecular complexity index is 1520. The van der Waals surface area contributed by atoms with E-state index in [0.29, 0.717) is 5.69 Å². The van der Waals surface area contributed by atoms with E-state index < -0.39 is 47.6 Å². The average Bonchev–Trinajstić information content (AvgIpc) is 3.56. The van der Waals surface area contributed by atoms with E-state index in [1.807, 2.05) is 12.1 Å². The lowest BCUT2D eigenvalue weighted by molar-refractivity contribution is -0.137. The third kappa shape index (κ3) is 5.28. The maximum atomic E-state index is 14.0. The van der Waals surface area contributed by atoms with Gasteiger partial charge in [-0.25, -0.2) is 28.4 Å². The van der Waals surface area contributed by atoms with Crippen LogP contribution in [0.1, 0.15) is 19.4 Å². The lowest BCUT2D eigenvalue weighted by Crippen LogP contribution is -2.50. The molecule has 198 valence electrons. The Balaban J connectivity index is 1.49. The van der Waals surface area contributed by atoms with Gasteiger partial charge >= 0.3 is 0 Å². The Morgan fingerprint density at radius 1 is 1.29 bits per heavy atom. The number of amidine groups is 2. The number of halogens is 3. The summed E-state index contributed by atoms with van der Waals surface area (Å²) in [7, 11) is 0.